The second-order valence-electron chi connectivity index (χ2n) is 6.60. The minimum absolute atomic E-state index is 0.0466. The number of aromatic nitrogens is 2. The van der Waals surface area contributed by atoms with Gasteiger partial charge in [0, 0.05) is 29.3 Å². The number of anilines is 1. The summed E-state index contributed by atoms with van der Waals surface area (Å²) in [6.07, 6.45) is 0.524. The Morgan fingerprint density at radius 3 is 2.30 bits per heavy atom. The lowest BCUT2D eigenvalue weighted by Gasteiger charge is -2.14. The average Bonchev–Trinajstić information content (AvgIpc) is 3.29. The molecule has 30 heavy (non-hydrogen) atoms. The minimum Gasteiger partial charge on any atom is -0.322 e. The Morgan fingerprint density at radius 1 is 0.933 bits per heavy atom. The Kier molecular flexibility index (Phi) is 5.10. The highest BCUT2D eigenvalue weighted by molar-refractivity contribution is 6.09. The van der Waals surface area contributed by atoms with Crippen molar-refractivity contribution in [3.8, 4) is 16.8 Å². The third-order valence-corrected chi connectivity index (χ3v) is 4.60. The molecule has 3 aromatic carbocycles. The van der Waals surface area contributed by atoms with Gasteiger partial charge in [-0.25, -0.2) is 4.98 Å². The number of carbonyl (C=O) groups excluding carboxylic acids is 1. The number of nitrogens with one attached hydrogen (secondary N) is 1. The van der Waals surface area contributed by atoms with Crippen molar-refractivity contribution in [1.29, 1.82) is 0 Å². The van der Waals surface area contributed by atoms with Gasteiger partial charge in [-0.15, -0.1) is 0 Å². The highest BCUT2D eigenvalue weighted by atomic mass is 19.4. The first kappa shape index (κ1) is 19.4. The normalized spacial score (nSPS) is 11.3. The Balaban J connectivity index is 1.66. The SMILES string of the molecule is O=C(Nc1ccc(-n2ccnc2)cc1)c1cc(C(F)(F)F)ccc1-c1ccccc1. The largest absolute Gasteiger partial charge is 0.416 e. The van der Waals surface area contributed by atoms with Crippen molar-refractivity contribution >= 4 is 11.6 Å². The number of carbonyl (C=O) groups is 1. The van der Waals surface area contributed by atoms with Crippen LogP contribution in [0.3, 0.4) is 0 Å². The molecule has 0 atom stereocenters. The van der Waals surface area contributed by atoms with Gasteiger partial charge in [-0.05, 0) is 47.5 Å². The van der Waals surface area contributed by atoms with Gasteiger partial charge in [0.1, 0.15) is 0 Å². The lowest BCUT2D eigenvalue weighted by molar-refractivity contribution is -0.137. The summed E-state index contributed by atoms with van der Waals surface area (Å²) in [7, 11) is 0. The van der Waals surface area contributed by atoms with Gasteiger partial charge in [0.2, 0.25) is 0 Å². The number of hydrogen-bond donors (Lipinski definition) is 1. The molecule has 1 N–H and O–H groups in total. The Bertz CT molecular complexity index is 1150. The zero-order chi connectivity index (χ0) is 21.1. The quantitative estimate of drug-likeness (QED) is 0.464. The smallest absolute Gasteiger partial charge is 0.322 e. The zero-order valence-electron chi connectivity index (χ0n) is 15.6. The molecule has 0 saturated carbocycles. The van der Waals surface area contributed by atoms with Gasteiger partial charge >= 0.3 is 6.18 Å². The van der Waals surface area contributed by atoms with E-state index in [9.17, 15) is 18.0 Å². The van der Waals surface area contributed by atoms with Gasteiger partial charge < -0.3 is 9.88 Å². The van der Waals surface area contributed by atoms with Crippen LogP contribution in [0.5, 0.6) is 0 Å². The van der Waals surface area contributed by atoms with Crippen LogP contribution < -0.4 is 5.32 Å². The fraction of sp³-hybridized carbons (Fsp3) is 0.0435. The standard InChI is InChI=1S/C23H16F3N3O/c24-23(25,26)17-6-11-20(16-4-2-1-3-5-16)21(14-17)22(30)28-18-7-9-19(10-8-18)29-13-12-27-15-29/h1-15H,(H,28,30). The Labute approximate surface area is 170 Å². The van der Waals surface area contributed by atoms with Crippen LogP contribution in [0, 0.1) is 0 Å². The fourth-order valence-electron chi connectivity index (χ4n) is 3.11. The molecular formula is C23H16F3N3O. The van der Waals surface area contributed by atoms with Crippen LogP contribution in [0.2, 0.25) is 0 Å². The molecule has 0 aliphatic carbocycles. The second kappa shape index (κ2) is 7.87. The van der Waals surface area contributed by atoms with Crippen molar-refractivity contribution < 1.29 is 18.0 Å². The van der Waals surface area contributed by atoms with Crippen molar-refractivity contribution in [1.82, 2.24) is 9.55 Å². The van der Waals surface area contributed by atoms with Crippen LogP contribution in [0.15, 0.2) is 91.5 Å². The van der Waals surface area contributed by atoms with Crippen LogP contribution in [0.4, 0.5) is 18.9 Å². The van der Waals surface area contributed by atoms with Crippen LogP contribution in [-0.4, -0.2) is 15.5 Å². The molecule has 1 amide bonds. The van der Waals surface area contributed by atoms with E-state index in [4.69, 9.17) is 0 Å². The van der Waals surface area contributed by atoms with Gasteiger partial charge in [-0.1, -0.05) is 36.4 Å². The Morgan fingerprint density at radius 2 is 1.67 bits per heavy atom. The molecule has 0 bridgehead atoms. The van der Waals surface area contributed by atoms with Crippen LogP contribution in [0.1, 0.15) is 15.9 Å². The molecule has 7 heteroatoms. The van der Waals surface area contributed by atoms with E-state index in [0.717, 1.165) is 17.8 Å². The summed E-state index contributed by atoms with van der Waals surface area (Å²) in [6, 6.07) is 19.0. The predicted octanol–water partition coefficient (Wildman–Crippen LogP) is 5.81. The van der Waals surface area contributed by atoms with Gasteiger partial charge in [0.15, 0.2) is 0 Å². The maximum atomic E-state index is 13.2. The zero-order valence-corrected chi connectivity index (χ0v) is 15.6. The molecule has 150 valence electrons. The highest BCUT2D eigenvalue weighted by Crippen LogP contribution is 2.33. The molecule has 0 saturated heterocycles. The number of hydrogen-bond acceptors (Lipinski definition) is 2. The fourth-order valence-corrected chi connectivity index (χ4v) is 3.11. The molecule has 4 aromatic rings. The lowest BCUT2D eigenvalue weighted by Crippen LogP contribution is -2.15. The van der Waals surface area contributed by atoms with E-state index >= 15 is 0 Å². The highest BCUT2D eigenvalue weighted by Gasteiger charge is 2.32. The third kappa shape index (κ3) is 4.10. The third-order valence-electron chi connectivity index (χ3n) is 4.60. The summed E-state index contributed by atoms with van der Waals surface area (Å²) < 4.78 is 41.5. The van der Waals surface area contributed by atoms with E-state index in [-0.39, 0.29) is 5.56 Å². The summed E-state index contributed by atoms with van der Waals surface area (Å²) in [6.45, 7) is 0. The number of amides is 1. The first-order valence-electron chi connectivity index (χ1n) is 9.08. The van der Waals surface area contributed by atoms with Gasteiger partial charge in [0.05, 0.1) is 11.9 Å². The molecule has 1 aromatic heterocycles. The molecule has 1 heterocycles. The van der Waals surface area contributed by atoms with Crippen molar-refractivity contribution in [2.24, 2.45) is 0 Å². The first-order chi connectivity index (χ1) is 14.4. The minimum atomic E-state index is -4.54. The Hall–Kier alpha value is -3.87. The van der Waals surface area contributed by atoms with E-state index in [1.165, 1.54) is 6.07 Å². The number of benzene rings is 3. The van der Waals surface area contributed by atoms with Crippen molar-refractivity contribution in [3.63, 3.8) is 0 Å². The van der Waals surface area contributed by atoms with Crippen LogP contribution in [-0.2, 0) is 6.18 Å². The number of alkyl halides is 3. The summed E-state index contributed by atoms with van der Waals surface area (Å²) in [4.78, 5) is 16.9. The summed E-state index contributed by atoms with van der Waals surface area (Å²) in [5.74, 6) is -0.615. The predicted molar refractivity (Wildman–Crippen MR) is 108 cm³/mol. The summed E-state index contributed by atoms with van der Waals surface area (Å²) in [5.41, 5.74) is 1.48. The topological polar surface area (TPSA) is 46.9 Å². The van der Waals surface area contributed by atoms with E-state index in [1.807, 2.05) is 0 Å². The monoisotopic (exact) mass is 407 g/mol. The number of halogens is 3. The van der Waals surface area contributed by atoms with Gasteiger partial charge in [-0.3, -0.25) is 4.79 Å². The molecule has 4 nitrogen and oxygen atoms in total. The van der Waals surface area contributed by atoms with E-state index in [0.29, 0.717) is 16.8 Å². The number of imidazole rings is 1. The number of nitrogens with zero attached hydrogens (tertiary/aromatic N) is 2. The summed E-state index contributed by atoms with van der Waals surface area (Å²) in [5, 5.41) is 2.69. The van der Waals surface area contributed by atoms with Crippen molar-refractivity contribution in [3.05, 3.63) is 103 Å². The molecule has 0 fully saturated rings. The first-order valence-corrected chi connectivity index (χ1v) is 9.08. The molecular weight excluding hydrogens is 391 g/mol. The van der Waals surface area contributed by atoms with Crippen LogP contribution >= 0.6 is 0 Å². The van der Waals surface area contributed by atoms with E-state index in [2.05, 4.69) is 10.3 Å². The van der Waals surface area contributed by atoms with Crippen molar-refractivity contribution in [2.45, 2.75) is 6.18 Å². The molecule has 0 aliphatic heterocycles. The maximum absolute atomic E-state index is 13.2. The van der Waals surface area contributed by atoms with Gasteiger partial charge in [-0.2, -0.15) is 13.2 Å². The van der Waals surface area contributed by atoms with Gasteiger partial charge in [0.25, 0.3) is 5.91 Å². The van der Waals surface area contributed by atoms with E-state index in [1.54, 1.807) is 77.9 Å². The average molecular weight is 407 g/mol. The summed E-state index contributed by atoms with van der Waals surface area (Å²) >= 11 is 0. The lowest BCUT2D eigenvalue weighted by atomic mass is 9.96. The van der Waals surface area contributed by atoms with Crippen molar-refractivity contribution in [2.75, 3.05) is 5.32 Å². The molecule has 0 aliphatic rings. The molecule has 4 rings (SSSR count). The number of rotatable bonds is 4. The maximum Gasteiger partial charge on any atom is 0.416 e. The van der Waals surface area contributed by atoms with E-state index < -0.39 is 17.6 Å². The molecule has 0 spiro atoms. The molecule has 0 unspecified atom stereocenters. The molecule has 0 radical (unpaired) electrons. The van der Waals surface area contributed by atoms with Crippen LogP contribution in [0.25, 0.3) is 16.8 Å². The second-order valence-corrected chi connectivity index (χ2v) is 6.60.